The molecule has 2 aromatic rings. The Morgan fingerprint density at radius 1 is 1.52 bits per heavy atom. The summed E-state index contributed by atoms with van der Waals surface area (Å²) >= 11 is 5.94. The minimum Gasteiger partial charge on any atom is -0.394 e. The first-order chi connectivity index (χ1) is 9.86. The van der Waals surface area contributed by atoms with E-state index in [1.165, 1.54) is 17.8 Å². The van der Waals surface area contributed by atoms with Crippen molar-refractivity contribution in [1.82, 2.24) is 19.5 Å². The molecule has 114 valence electrons. The molecule has 1 aliphatic rings. The fourth-order valence-electron chi connectivity index (χ4n) is 2.46. The van der Waals surface area contributed by atoms with Crippen molar-refractivity contribution in [3.05, 3.63) is 11.5 Å². The van der Waals surface area contributed by atoms with Gasteiger partial charge in [-0.2, -0.15) is 9.97 Å². The molecule has 21 heavy (non-hydrogen) atoms. The number of rotatable bonds is 2. The fraction of sp³-hybridized carbons (Fsp3) is 0.545. The summed E-state index contributed by atoms with van der Waals surface area (Å²) < 4.78 is 6.90. The third-order valence-corrected chi connectivity index (χ3v) is 3.85. The molecule has 0 radical (unpaired) electrons. The van der Waals surface area contributed by atoms with Gasteiger partial charge >= 0.3 is 0 Å². The lowest BCUT2D eigenvalue weighted by atomic mass is 9.96. The highest BCUT2D eigenvalue weighted by molar-refractivity contribution is 6.33. The minimum absolute atomic E-state index is 0.0499. The van der Waals surface area contributed by atoms with Gasteiger partial charge in [0.1, 0.15) is 23.3 Å². The number of halogens is 1. The molecule has 9 nitrogen and oxygen atoms in total. The van der Waals surface area contributed by atoms with Crippen molar-refractivity contribution in [2.75, 3.05) is 12.3 Å². The number of nitrogen functional groups attached to an aromatic ring is 1. The predicted octanol–water partition coefficient (Wildman–Crippen LogP) is -0.937. The Morgan fingerprint density at radius 2 is 2.24 bits per heavy atom. The molecular weight excluding hydrogens is 302 g/mol. The van der Waals surface area contributed by atoms with E-state index in [2.05, 4.69) is 15.0 Å². The van der Waals surface area contributed by atoms with Gasteiger partial charge in [-0.25, -0.2) is 4.98 Å². The van der Waals surface area contributed by atoms with Gasteiger partial charge in [-0.05, 0) is 6.92 Å². The fourth-order valence-corrected chi connectivity index (χ4v) is 2.68. The summed E-state index contributed by atoms with van der Waals surface area (Å²) in [6.45, 7) is 0.967. The van der Waals surface area contributed by atoms with E-state index in [4.69, 9.17) is 22.1 Å². The highest BCUT2D eigenvalue weighted by atomic mass is 35.5. The number of imidazole rings is 1. The summed E-state index contributed by atoms with van der Waals surface area (Å²) in [5.41, 5.74) is 4.48. The van der Waals surface area contributed by atoms with Gasteiger partial charge in [0.25, 0.3) is 0 Å². The molecule has 2 aromatic heterocycles. The molecule has 1 unspecified atom stereocenters. The second kappa shape index (κ2) is 4.75. The highest BCUT2D eigenvalue weighted by Crippen LogP contribution is 2.39. The topological polar surface area (TPSA) is 140 Å². The third kappa shape index (κ3) is 2.05. The van der Waals surface area contributed by atoms with Crippen LogP contribution < -0.4 is 5.73 Å². The van der Waals surface area contributed by atoms with E-state index in [9.17, 15) is 15.3 Å². The number of aliphatic hydroxyl groups excluding tert-OH is 2. The van der Waals surface area contributed by atoms with Crippen LogP contribution in [0.25, 0.3) is 11.2 Å². The van der Waals surface area contributed by atoms with Gasteiger partial charge < -0.3 is 25.8 Å². The first kappa shape index (κ1) is 14.4. The van der Waals surface area contributed by atoms with E-state index >= 15 is 0 Å². The van der Waals surface area contributed by atoms with Crippen molar-refractivity contribution in [2.45, 2.75) is 31.0 Å². The molecule has 4 atom stereocenters. The number of anilines is 1. The van der Waals surface area contributed by atoms with Crippen LogP contribution in [-0.4, -0.2) is 59.3 Å². The first-order valence-electron chi connectivity index (χ1n) is 6.18. The normalized spacial score (nSPS) is 32.9. The highest BCUT2D eigenvalue weighted by Gasteiger charge is 2.53. The van der Waals surface area contributed by atoms with Crippen molar-refractivity contribution < 1.29 is 20.1 Å². The smallest absolute Gasteiger partial charge is 0.223 e. The summed E-state index contributed by atoms with van der Waals surface area (Å²) in [4.78, 5) is 11.9. The molecule has 1 fully saturated rings. The molecule has 0 aromatic carbocycles. The summed E-state index contributed by atoms with van der Waals surface area (Å²) in [5, 5.41) is 29.7. The van der Waals surface area contributed by atoms with Crippen LogP contribution in [0.5, 0.6) is 0 Å². The SMILES string of the molecule is C[C@@]1(O)C(O)[C@@H](CO)O[C@H]1n1cnc2c(Cl)nc(N)nc21. The molecule has 3 heterocycles. The van der Waals surface area contributed by atoms with Crippen LogP contribution in [0.3, 0.4) is 0 Å². The van der Waals surface area contributed by atoms with Crippen LogP contribution in [0.2, 0.25) is 5.15 Å². The van der Waals surface area contributed by atoms with Gasteiger partial charge in [-0.1, -0.05) is 11.6 Å². The lowest BCUT2D eigenvalue weighted by molar-refractivity contribution is -0.0950. The number of nitrogens with two attached hydrogens (primary N) is 1. The van der Waals surface area contributed by atoms with Crippen LogP contribution in [0.4, 0.5) is 5.95 Å². The van der Waals surface area contributed by atoms with Crippen LogP contribution in [0.1, 0.15) is 13.2 Å². The number of hydrogen-bond acceptors (Lipinski definition) is 8. The molecule has 0 spiro atoms. The Hall–Kier alpha value is -1.52. The lowest BCUT2D eigenvalue weighted by Crippen LogP contribution is -2.44. The number of ether oxygens (including phenoxy) is 1. The molecule has 0 amide bonds. The summed E-state index contributed by atoms with van der Waals surface area (Å²) in [6, 6.07) is 0. The monoisotopic (exact) mass is 315 g/mol. The van der Waals surface area contributed by atoms with E-state index in [-0.39, 0.29) is 16.7 Å². The van der Waals surface area contributed by atoms with Crippen molar-refractivity contribution in [3.8, 4) is 0 Å². The van der Waals surface area contributed by atoms with Gasteiger partial charge in [0, 0.05) is 0 Å². The number of hydrogen-bond donors (Lipinski definition) is 4. The summed E-state index contributed by atoms with van der Waals surface area (Å²) in [7, 11) is 0. The quantitative estimate of drug-likeness (QED) is 0.521. The predicted molar refractivity (Wildman–Crippen MR) is 72.4 cm³/mol. The Morgan fingerprint density at radius 3 is 2.86 bits per heavy atom. The maximum Gasteiger partial charge on any atom is 0.223 e. The first-order valence-corrected chi connectivity index (χ1v) is 6.56. The van der Waals surface area contributed by atoms with Gasteiger partial charge in [-0.15, -0.1) is 0 Å². The van der Waals surface area contributed by atoms with Crippen LogP contribution in [-0.2, 0) is 4.74 Å². The summed E-state index contributed by atoms with van der Waals surface area (Å²) in [6.07, 6.45) is -1.83. The second-order valence-corrected chi connectivity index (χ2v) is 5.43. The van der Waals surface area contributed by atoms with Crippen LogP contribution in [0, 0.1) is 0 Å². The van der Waals surface area contributed by atoms with E-state index in [0.717, 1.165) is 0 Å². The zero-order chi connectivity index (χ0) is 15.4. The largest absolute Gasteiger partial charge is 0.394 e. The van der Waals surface area contributed by atoms with Crippen molar-refractivity contribution in [3.63, 3.8) is 0 Å². The molecule has 1 aliphatic heterocycles. The molecule has 0 saturated carbocycles. The molecule has 1 saturated heterocycles. The number of nitrogens with zero attached hydrogens (tertiary/aromatic N) is 4. The van der Waals surface area contributed by atoms with E-state index < -0.39 is 30.6 Å². The maximum absolute atomic E-state index is 10.5. The third-order valence-electron chi connectivity index (χ3n) is 3.58. The summed E-state index contributed by atoms with van der Waals surface area (Å²) in [5.74, 6) is -0.0499. The van der Waals surface area contributed by atoms with Gasteiger partial charge in [0.15, 0.2) is 17.0 Å². The number of fused-ring (bicyclic) bond motifs is 1. The second-order valence-electron chi connectivity index (χ2n) is 5.08. The Kier molecular flexibility index (Phi) is 3.26. The Bertz CT molecular complexity index is 691. The molecular formula is C11H14ClN5O4. The average Bonchev–Trinajstić information content (AvgIpc) is 2.91. The minimum atomic E-state index is -1.65. The van der Waals surface area contributed by atoms with Crippen molar-refractivity contribution in [2.24, 2.45) is 0 Å². The van der Waals surface area contributed by atoms with Gasteiger partial charge in [0.05, 0.1) is 12.9 Å². The Balaban J connectivity index is 2.13. The van der Waals surface area contributed by atoms with E-state index in [1.807, 2.05) is 0 Å². The molecule has 0 aliphatic carbocycles. The van der Waals surface area contributed by atoms with Gasteiger partial charge in [-0.3, -0.25) is 4.57 Å². The van der Waals surface area contributed by atoms with Crippen molar-refractivity contribution in [1.29, 1.82) is 0 Å². The van der Waals surface area contributed by atoms with Crippen molar-refractivity contribution >= 4 is 28.7 Å². The van der Waals surface area contributed by atoms with E-state index in [0.29, 0.717) is 5.52 Å². The van der Waals surface area contributed by atoms with E-state index in [1.54, 1.807) is 0 Å². The molecule has 3 rings (SSSR count). The zero-order valence-electron chi connectivity index (χ0n) is 11.0. The number of aliphatic hydroxyl groups is 3. The maximum atomic E-state index is 10.5. The molecule has 10 heteroatoms. The standard InChI is InChI=1S/C11H14ClN5O4/c1-11(20)6(19)4(2-18)21-9(11)17-3-14-5-7(12)15-10(13)16-8(5)17/h3-4,6,9,18-20H,2H2,1H3,(H2,13,15,16)/t4-,6?,9-,11-/m1/s1. The van der Waals surface area contributed by atoms with Crippen LogP contribution in [0.15, 0.2) is 6.33 Å². The number of aromatic nitrogens is 4. The van der Waals surface area contributed by atoms with Gasteiger partial charge in [0.2, 0.25) is 5.95 Å². The van der Waals surface area contributed by atoms with Crippen LogP contribution >= 0.6 is 11.6 Å². The molecule has 0 bridgehead atoms. The molecule has 5 N–H and O–H groups in total. The Labute approximate surface area is 124 Å². The zero-order valence-corrected chi connectivity index (χ0v) is 11.8. The average molecular weight is 316 g/mol. The lowest BCUT2D eigenvalue weighted by Gasteiger charge is -2.27.